The zero-order valence-corrected chi connectivity index (χ0v) is 18.2. The van der Waals surface area contributed by atoms with Crippen molar-refractivity contribution >= 4 is 29.9 Å². The number of aliphatic imine (C=N–C) groups is 1. The normalized spacial score (nSPS) is 16.6. The van der Waals surface area contributed by atoms with E-state index in [1.165, 1.54) is 25.9 Å². The molecule has 0 bridgehead atoms. The molecule has 0 spiro atoms. The lowest BCUT2D eigenvalue weighted by molar-refractivity contribution is 0.197. The molecule has 1 unspecified atom stereocenters. The fourth-order valence-corrected chi connectivity index (χ4v) is 3.20. The summed E-state index contributed by atoms with van der Waals surface area (Å²) < 4.78 is 0. The van der Waals surface area contributed by atoms with E-state index in [1.54, 1.807) is 0 Å². The molecule has 5 nitrogen and oxygen atoms in total. The molecule has 2 N–H and O–H groups in total. The Kier molecular flexibility index (Phi) is 11.0. The Labute approximate surface area is 170 Å². The first-order valence-corrected chi connectivity index (χ1v) is 9.37. The maximum Gasteiger partial charge on any atom is 0.191 e. The fourth-order valence-electron chi connectivity index (χ4n) is 3.20. The third-order valence-corrected chi connectivity index (χ3v) is 4.56. The number of hydrogen-bond acceptors (Lipinski definition) is 3. The molecule has 1 aliphatic heterocycles. The maximum absolute atomic E-state index is 4.84. The van der Waals surface area contributed by atoms with E-state index in [-0.39, 0.29) is 24.0 Å². The lowest BCUT2D eigenvalue weighted by Gasteiger charge is -2.29. The number of nitrogens with one attached hydrogen (secondary N) is 2. The quantitative estimate of drug-likeness (QED) is 0.357. The standard InChI is InChI=1S/C19H33N5.HI/c1-4-20-19(22-12-10-17-9-5-6-11-21-17)23-15-18(16(2)3)24-13-7-8-14-24;/h5-6,9,11,16,18H,4,7-8,10,12-15H2,1-3H3,(H2,20,22,23);1H. The van der Waals surface area contributed by atoms with E-state index in [0.717, 1.165) is 37.7 Å². The molecule has 1 aromatic rings. The van der Waals surface area contributed by atoms with Crippen molar-refractivity contribution in [2.45, 2.75) is 46.1 Å². The highest BCUT2D eigenvalue weighted by Gasteiger charge is 2.24. The lowest BCUT2D eigenvalue weighted by atomic mass is 10.0. The summed E-state index contributed by atoms with van der Waals surface area (Å²) in [5.74, 6) is 1.54. The van der Waals surface area contributed by atoms with E-state index in [9.17, 15) is 0 Å². The van der Waals surface area contributed by atoms with Crippen molar-refractivity contribution in [2.24, 2.45) is 10.9 Å². The molecule has 6 heteroatoms. The van der Waals surface area contributed by atoms with E-state index in [1.807, 2.05) is 18.3 Å². The summed E-state index contributed by atoms with van der Waals surface area (Å²) in [5.41, 5.74) is 1.11. The Morgan fingerprint density at radius 3 is 2.60 bits per heavy atom. The van der Waals surface area contributed by atoms with Crippen LogP contribution in [0.25, 0.3) is 0 Å². The van der Waals surface area contributed by atoms with Crippen LogP contribution < -0.4 is 10.6 Å². The van der Waals surface area contributed by atoms with E-state index in [0.29, 0.717) is 12.0 Å². The zero-order chi connectivity index (χ0) is 17.2. The molecule has 0 amide bonds. The average Bonchev–Trinajstić information content (AvgIpc) is 3.10. The maximum atomic E-state index is 4.84. The fraction of sp³-hybridized carbons (Fsp3) is 0.684. The van der Waals surface area contributed by atoms with E-state index in [4.69, 9.17) is 4.99 Å². The van der Waals surface area contributed by atoms with Gasteiger partial charge in [-0.3, -0.25) is 14.9 Å². The zero-order valence-electron chi connectivity index (χ0n) is 15.9. The molecule has 25 heavy (non-hydrogen) atoms. The van der Waals surface area contributed by atoms with Crippen LogP contribution in [0.15, 0.2) is 29.4 Å². The molecular weight excluding hydrogens is 425 g/mol. The molecule has 1 saturated heterocycles. The molecule has 0 saturated carbocycles. The van der Waals surface area contributed by atoms with Crippen molar-refractivity contribution in [3.8, 4) is 0 Å². The molecule has 0 aliphatic carbocycles. The van der Waals surface area contributed by atoms with Crippen molar-refractivity contribution in [3.63, 3.8) is 0 Å². The molecule has 1 aromatic heterocycles. The van der Waals surface area contributed by atoms with Gasteiger partial charge in [-0.1, -0.05) is 19.9 Å². The smallest absolute Gasteiger partial charge is 0.191 e. The number of pyridine rings is 1. The van der Waals surface area contributed by atoms with Crippen molar-refractivity contribution in [3.05, 3.63) is 30.1 Å². The van der Waals surface area contributed by atoms with Gasteiger partial charge in [-0.25, -0.2) is 0 Å². The summed E-state index contributed by atoms with van der Waals surface area (Å²) in [6.45, 7) is 11.8. The number of aromatic nitrogens is 1. The van der Waals surface area contributed by atoms with Crippen molar-refractivity contribution in [1.82, 2.24) is 20.5 Å². The lowest BCUT2D eigenvalue weighted by Crippen LogP contribution is -2.42. The highest BCUT2D eigenvalue weighted by molar-refractivity contribution is 14.0. The second kappa shape index (κ2) is 12.5. The van der Waals surface area contributed by atoms with Crippen molar-refractivity contribution in [1.29, 1.82) is 0 Å². The van der Waals surface area contributed by atoms with Crippen LogP contribution >= 0.6 is 24.0 Å². The number of rotatable bonds is 8. The number of likely N-dealkylation sites (tertiary alicyclic amines) is 1. The predicted molar refractivity (Wildman–Crippen MR) is 117 cm³/mol. The minimum atomic E-state index is 0. The third-order valence-electron chi connectivity index (χ3n) is 4.56. The van der Waals surface area contributed by atoms with Gasteiger partial charge < -0.3 is 10.6 Å². The summed E-state index contributed by atoms with van der Waals surface area (Å²) in [5, 5.41) is 6.79. The van der Waals surface area contributed by atoms with Crippen LogP contribution in [0, 0.1) is 5.92 Å². The second-order valence-corrected chi connectivity index (χ2v) is 6.77. The Morgan fingerprint density at radius 2 is 2.00 bits per heavy atom. The van der Waals surface area contributed by atoms with Gasteiger partial charge >= 0.3 is 0 Å². The average molecular weight is 459 g/mol. The molecule has 1 fully saturated rings. The topological polar surface area (TPSA) is 52.6 Å². The largest absolute Gasteiger partial charge is 0.357 e. The SMILES string of the molecule is CCNC(=NCC(C(C)C)N1CCCC1)NCCc1ccccn1.I. The van der Waals surface area contributed by atoms with Crippen LogP contribution in [0.1, 0.15) is 39.3 Å². The summed E-state index contributed by atoms with van der Waals surface area (Å²) in [6.07, 6.45) is 5.41. The van der Waals surface area contributed by atoms with Crippen molar-refractivity contribution in [2.75, 3.05) is 32.7 Å². The van der Waals surface area contributed by atoms with Crippen LogP contribution in [0.2, 0.25) is 0 Å². The first kappa shape index (κ1) is 22.2. The van der Waals surface area contributed by atoms with Gasteiger partial charge in [0.25, 0.3) is 0 Å². The molecule has 2 heterocycles. The summed E-state index contributed by atoms with van der Waals surface area (Å²) in [6, 6.07) is 6.59. The van der Waals surface area contributed by atoms with Gasteiger partial charge in [-0.15, -0.1) is 24.0 Å². The van der Waals surface area contributed by atoms with Crippen LogP contribution in [0.4, 0.5) is 0 Å². The predicted octanol–water partition coefficient (Wildman–Crippen LogP) is 2.92. The molecule has 0 aromatic carbocycles. The van der Waals surface area contributed by atoms with Gasteiger partial charge in [0.05, 0.1) is 6.54 Å². The molecular formula is C19H34IN5. The molecule has 2 rings (SSSR count). The molecule has 142 valence electrons. The molecule has 0 radical (unpaired) electrons. The van der Waals surface area contributed by atoms with Crippen molar-refractivity contribution < 1.29 is 0 Å². The number of nitrogens with zero attached hydrogens (tertiary/aromatic N) is 3. The minimum Gasteiger partial charge on any atom is -0.357 e. The monoisotopic (exact) mass is 459 g/mol. The van der Waals surface area contributed by atoms with Crippen LogP contribution in [-0.2, 0) is 6.42 Å². The van der Waals surface area contributed by atoms with Gasteiger partial charge in [0.15, 0.2) is 5.96 Å². The Morgan fingerprint density at radius 1 is 1.24 bits per heavy atom. The van der Waals surface area contributed by atoms with E-state index < -0.39 is 0 Å². The van der Waals surface area contributed by atoms with Gasteiger partial charge in [-0.2, -0.15) is 0 Å². The Balaban J connectivity index is 0.00000312. The van der Waals surface area contributed by atoms with Gasteiger partial charge in [0, 0.05) is 37.4 Å². The molecule has 1 atom stereocenters. The van der Waals surface area contributed by atoms with Crippen LogP contribution in [0.5, 0.6) is 0 Å². The first-order chi connectivity index (χ1) is 11.7. The number of guanidine groups is 1. The highest BCUT2D eigenvalue weighted by Crippen LogP contribution is 2.17. The number of halogens is 1. The summed E-state index contributed by atoms with van der Waals surface area (Å²) in [4.78, 5) is 11.8. The van der Waals surface area contributed by atoms with Gasteiger partial charge in [0.2, 0.25) is 0 Å². The number of hydrogen-bond donors (Lipinski definition) is 2. The third kappa shape index (κ3) is 7.90. The summed E-state index contributed by atoms with van der Waals surface area (Å²) >= 11 is 0. The Bertz CT molecular complexity index is 486. The van der Waals surface area contributed by atoms with E-state index in [2.05, 4.69) is 47.4 Å². The summed E-state index contributed by atoms with van der Waals surface area (Å²) in [7, 11) is 0. The van der Waals surface area contributed by atoms with E-state index >= 15 is 0 Å². The van der Waals surface area contributed by atoms with Gasteiger partial charge in [0.1, 0.15) is 0 Å². The Hall–Kier alpha value is -0.890. The minimum absolute atomic E-state index is 0. The highest BCUT2D eigenvalue weighted by atomic mass is 127. The molecule has 1 aliphatic rings. The second-order valence-electron chi connectivity index (χ2n) is 6.77. The van der Waals surface area contributed by atoms with Gasteiger partial charge in [-0.05, 0) is 50.9 Å². The van der Waals surface area contributed by atoms with Crippen LogP contribution in [0.3, 0.4) is 0 Å². The van der Waals surface area contributed by atoms with Crippen LogP contribution in [-0.4, -0.2) is 54.6 Å². The first-order valence-electron chi connectivity index (χ1n) is 9.37.